The monoisotopic (exact) mass is 590 g/mol. The third-order valence-electron chi connectivity index (χ3n) is 8.04. The molecule has 2 aromatic carbocycles. The van der Waals surface area contributed by atoms with Crippen LogP contribution in [0.25, 0.3) is 11.3 Å². The Bertz CT molecular complexity index is 1580. The van der Waals surface area contributed by atoms with Crippen LogP contribution in [0.15, 0.2) is 60.9 Å². The van der Waals surface area contributed by atoms with Gasteiger partial charge in [0.15, 0.2) is 0 Å². The fraction of sp³-hybridized carbons (Fsp3) is 0.323. The van der Waals surface area contributed by atoms with Gasteiger partial charge in [0.25, 0.3) is 5.91 Å². The number of rotatable bonds is 7. The number of fused-ring (bicyclic) bond motifs is 1. The van der Waals surface area contributed by atoms with Crippen molar-refractivity contribution >= 4 is 40.7 Å². The highest BCUT2D eigenvalue weighted by atomic mass is 35.5. The van der Waals surface area contributed by atoms with Gasteiger partial charge in [-0.2, -0.15) is 0 Å². The van der Waals surface area contributed by atoms with Crippen LogP contribution in [0, 0.1) is 6.92 Å². The molecule has 212 valence electrons. The van der Waals surface area contributed by atoms with E-state index in [1.807, 2.05) is 48.0 Å². The summed E-state index contributed by atoms with van der Waals surface area (Å²) in [6, 6.07) is 14.8. The lowest BCUT2D eigenvalue weighted by Crippen LogP contribution is -2.43. The van der Waals surface area contributed by atoms with Gasteiger partial charge in [0.2, 0.25) is 5.95 Å². The van der Waals surface area contributed by atoms with E-state index in [0.717, 1.165) is 54.0 Å². The summed E-state index contributed by atoms with van der Waals surface area (Å²) in [7, 11) is 0. The van der Waals surface area contributed by atoms with Gasteiger partial charge in [-0.3, -0.25) is 4.79 Å². The molecule has 41 heavy (non-hydrogen) atoms. The fourth-order valence-electron chi connectivity index (χ4n) is 5.82. The molecule has 1 atom stereocenters. The van der Waals surface area contributed by atoms with Gasteiger partial charge in [0, 0.05) is 36.1 Å². The van der Waals surface area contributed by atoms with Crippen LogP contribution < -0.4 is 10.6 Å². The minimum absolute atomic E-state index is 0.146. The molecule has 1 amide bonds. The molecule has 8 nitrogen and oxygen atoms in total. The standard InChI is InChI=1S/C31H32Cl2N6O2/c1-19-16-35-31(36-26-6-5-21(14-25(26)33)20-7-9-34-10-8-20)37-29(19)23-15-27-30(41)39(12-11-38(27)17-23)28(18-40)22-3-2-4-24(32)13-22/h2-6,13-17,20,28,34,40H,7-12,18H2,1H3,(H,35,36,37)/t28-/m0/s1. The molecule has 0 aliphatic carbocycles. The quantitative estimate of drug-likeness (QED) is 0.246. The van der Waals surface area contributed by atoms with Gasteiger partial charge in [0.1, 0.15) is 5.69 Å². The number of nitrogens with zero attached hydrogens (tertiary/aromatic N) is 4. The number of anilines is 2. The van der Waals surface area contributed by atoms with Crippen molar-refractivity contribution in [2.75, 3.05) is 31.6 Å². The first-order chi connectivity index (χ1) is 19.9. The Hall–Kier alpha value is -3.43. The van der Waals surface area contributed by atoms with E-state index in [2.05, 4.69) is 21.7 Å². The van der Waals surface area contributed by atoms with Gasteiger partial charge in [-0.25, -0.2) is 9.97 Å². The SMILES string of the molecule is Cc1cnc(Nc2ccc(C3CCNCC3)cc2Cl)nc1-c1cc2n(c1)CCN([C@@H](CO)c1cccc(Cl)c1)C2=O. The Balaban J connectivity index is 1.23. The van der Waals surface area contributed by atoms with Crippen LogP contribution in [-0.4, -0.2) is 56.7 Å². The summed E-state index contributed by atoms with van der Waals surface area (Å²) in [5.74, 6) is 0.801. The highest BCUT2D eigenvalue weighted by molar-refractivity contribution is 6.33. The second-order valence-electron chi connectivity index (χ2n) is 10.7. The number of carbonyl (C=O) groups is 1. The molecule has 0 saturated carbocycles. The number of aromatic nitrogens is 3. The average Bonchev–Trinajstić information content (AvgIpc) is 3.42. The summed E-state index contributed by atoms with van der Waals surface area (Å²) in [5.41, 5.74) is 5.81. The summed E-state index contributed by atoms with van der Waals surface area (Å²) >= 11 is 12.9. The Morgan fingerprint density at radius 3 is 2.71 bits per heavy atom. The molecule has 4 heterocycles. The van der Waals surface area contributed by atoms with E-state index in [4.69, 9.17) is 28.2 Å². The predicted octanol–water partition coefficient (Wildman–Crippen LogP) is 5.96. The topological polar surface area (TPSA) is 95.3 Å². The minimum Gasteiger partial charge on any atom is -0.394 e. The molecule has 0 bridgehead atoms. The van der Waals surface area contributed by atoms with E-state index in [-0.39, 0.29) is 12.5 Å². The summed E-state index contributed by atoms with van der Waals surface area (Å²) < 4.78 is 1.95. The van der Waals surface area contributed by atoms with Crippen molar-refractivity contribution in [1.82, 2.24) is 24.8 Å². The summed E-state index contributed by atoms with van der Waals surface area (Å²) in [6.07, 6.45) is 5.94. The van der Waals surface area contributed by atoms with E-state index in [1.165, 1.54) is 5.56 Å². The summed E-state index contributed by atoms with van der Waals surface area (Å²) in [4.78, 5) is 24.6. The number of aliphatic hydroxyl groups excluding tert-OH is 1. The number of nitrogens with one attached hydrogen (secondary N) is 2. The molecule has 10 heteroatoms. The molecule has 0 unspecified atom stereocenters. The molecule has 0 spiro atoms. The maximum Gasteiger partial charge on any atom is 0.271 e. The molecule has 1 saturated heterocycles. The average molecular weight is 592 g/mol. The molecular formula is C31H32Cl2N6O2. The lowest BCUT2D eigenvalue weighted by atomic mass is 9.90. The maximum atomic E-state index is 13.6. The first kappa shape index (κ1) is 27.7. The third-order valence-corrected chi connectivity index (χ3v) is 8.58. The number of piperidine rings is 1. The van der Waals surface area contributed by atoms with Crippen molar-refractivity contribution in [2.24, 2.45) is 0 Å². The molecule has 2 aromatic heterocycles. The maximum absolute atomic E-state index is 13.6. The molecule has 4 aromatic rings. The first-order valence-corrected chi connectivity index (χ1v) is 14.7. The van der Waals surface area contributed by atoms with Gasteiger partial charge in [-0.15, -0.1) is 0 Å². The van der Waals surface area contributed by atoms with Gasteiger partial charge >= 0.3 is 0 Å². The van der Waals surface area contributed by atoms with Crippen LogP contribution in [-0.2, 0) is 6.54 Å². The van der Waals surface area contributed by atoms with Crippen LogP contribution in [0.4, 0.5) is 11.6 Å². The lowest BCUT2D eigenvalue weighted by Gasteiger charge is -2.34. The van der Waals surface area contributed by atoms with Crippen LogP contribution in [0.3, 0.4) is 0 Å². The molecule has 2 aliphatic heterocycles. The van der Waals surface area contributed by atoms with Crippen LogP contribution >= 0.6 is 23.2 Å². The first-order valence-electron chi connectivity index (χ1n) is 13.9. The zero-order valence-electron chi connectivity index (χ0n) is 22.8. The van der Waals surface area contributed by atoms with Gasteiger partial charge in [-0.1, -0.05) is 41.4 Å². The van der Waals surface area contributed by atoms with E-state index >= 15 is 0 Å². The van der Waals surface area contributed by atoms with Crippen molar-refractivity contribution in [2.45, 2.75) is 38.3 Å². The number of amides is 1. The molecular weight excluding hydrogens is 559 g/mol. The predicted molar refractivity (Wildman–Crippen MR) is 162 cm³/mol. The van der Waals surface area contributed by atoms with Crippen molar-refractivity contribution in [3.05, 3.63) is 93.4 Å². The summed E-state index contributed by atoms with van der Waals surface area (Å²) in [5, 5.41) is 18.1. The molecule has 3 N–H and O–H groups in total. The highest BCUT2D eigenvalue weighted by Gasteiger charge is 2.32. The largest absolute Gasteiger partial charge is 0.394 e. The number of halogens is 2. The Morgan fingerprint density at radius 1 is 1.12 bits per heavy atom. The van der Waals surface area contributed by atoms with Crippen molar-refractivity contribution < 1.29 is 9.90 Å². The highest BCUT2D eigenvalue weighted by Crippen LogP contribution is 2.34. The third kappa shape index (κ3) is 5.70. The minimum atomic E-state index is -0.476. The molecule has 2 aliphatic rings. The molecule has 1 fully saturated rings. The van der Waals surface area contributed by atoms with E-state index in [1.54, 1.807) is 23.2 Å². The van der Waals surface area contributed by atoms with E-state index in [9.17, 15) is 9.90 Å². The fourth-order valence-corrected chi connectivity index (χ4v) is 6.26. The molecule has 0 radical (unpaired) electrons. The van der Waals surface area contributed by atoms with Gasteiger partial charge < -0.3 is 25.2 Å². The smallest absolute Gasteiger partial charge is 0.271 e. The number of benzene rings is 2. The summed E-state index contributed by atoms with van der Waals surface area (Å²) in [6.45, 7) is 4.89. The van der Waals surface area contributed by atoms with Crippen molar-refractivity contribution in [3.63, 3.8) is 0 Å². The van der Waals surface area contributed by atoms with Crippen molar-refractivity contribution in [3.8, 4) is 11.3 Å². The zero-order valence-corrected chi connectivity index (χ0v) is 24.3. The van der Waals surface area contributed by atoms with Gasteiger partial charge in [0.05, 0.1) is 29.1 Å². The number of hydrogen-bond acceptors (Lipinski definition) is 6. The Morgan fingerprint density at radius 2 is 1.95 bits per heavy atom. The Kier molecular flexibility index (Phi) is 7.99. The van der Waals surface area contributed by atoms with Crippen LogP contribution in [0.1, 0.15) is 52.0 Å². The van der Waals surface area contributed by atoms with E-state index < -0.39 is 6.04 Å². The Labute approximate surface area is 249 Å². The number of aryl methyl sites for hydroxylation is 1. The zero-order chi connectivity index (χ0) is 28.5. The second-order valence-corrected chi connectivity index (χ2v) is 11.5. The van der Waals surface area contributed by atoms with Crippen LogP contribution in [0.5, 0.6) is 0 Å². The van der Waals surface area contributed by atoms with Crippen molar-refractivity contribution in [1.29, 1.82) is 0 Å². The van der Waals surface area contributed by atoms with E-state index in [0.29, 0.717) is 40.7 Å². The number of hydrogen-bond donors (Lipinski definition) is 3. The number of carbonyl (C=O) groups excluding carboxylic acids is 1. The number of aliphatic hydroxyl groups is 1. The normalized spacial score (nSPS) is 16.5. The molecule has 6 rings (SSSR count). The van der Waals surface area contributed by atoms with Gasteiger partial charge in [-0.05, 0) is 85.8 Å². The lowest BCUT2D eigenvalue weighted by molar-refractivity contribution is 0.0526. The van der Waals surface area contributed by atoms with Crippen LogP contribution in [0.2, 0.25) is 10.0 Å². The second kappa shape index (κ2) is 11.8.